The van der Waals surface area contributed by atoms with E-state index in [1.807, 2.05) is 12.1 Å². The quantitative estimate of drug-likeness (QED) is 0.794. The van der Waals surface area contributed by atoms with Gasteiger partial charge in [0.1, 0.15) is 13.2 Å². The van der Waals surface area contributed by atoms with E-state index < -0.39 is 0 Å². The maximum atomic E-state index is 9.51. The zero-order valence-electron chi connectivity index (χ0n) is 10.3. The lowest BCUT2D eigenvalue weighted by molar-refractivity contribution is 0.171. The number of fused-ring (bicyclic) bond motifs is 1. The van der Waals surface area contributed by atoms with Crippen LogP contribution in [0, 0.1) is 0 Å². The third kappa shape index (κ3) is 2.00. The second-order valence-electron chi connectivity index (χ2n) is 4.49. The summed E-state index contributed by atoms with van der Waals surface area (Å²) in [5.74, 6) is 1.57. The highest BCUT2D eigenvalue weighted by molar-refractivity contribution is 5.69. The molecule has 98 valence electrons. The molecule has 2 heterocycles. The van der Waals surface area contributed by atoms with Gasteiger partial charge in [0.05, 0.1) is 12.3 Å². The molecule has 0 radical (unpaired) electrons. The van der Waals surface area contributed by atoms with E-state index in [2.05, 4.69) is 10.2 Å². The highest BCUT2D eigenvalue weighted by atomic mass is 16.6. The van der Waals surface area contributed by atoms with Crippen LogP contribution in [0.5, 0.6) is 11.5 Å². The summed E-state index contributed by atoms with van der Waals surface area (Å²) in [5, 5.41) is 12.8. The van der Waals surface area contributed by atoms with Crippen LogP contribution in [-0.4, -0.2) is 44.5 Å². The number of piperazine rings is 1. The lowest BCUT2D eigenvalue weighted by atomic mass is 10.1. The molecule has 5 heteroatoms. The van der Waals surface area contributed by atoms with Crippen molar-refractivity contribution >= 4 is 5.69 Å². The summed E-state index contributed by atoms with van der Waals surface area (Å²) in [4.78, 5) is 2.26. The molecule has 18 heavy (non-hydrogen) atoms. The zero-order chi connectivity index (χ0) is 12.4. The van der Waals surface area contributed by atoms with Crippen LogP contribution in [0.25, 0.3) is 0 Å². The van der Waals surface area contributed by atoms with Gasteiger partial charge in [0, 0.05) is 31.7 Å². The molecule has 0 unspecified atom stereocenters. The van der Waals surface area contributed by atoms with Gasteiger partial charge < -0.3 is 24.8 Å². The molecule has 0 atom stereocenters. The Kier molecular flexibility index (Phi) is 3.25. The van der Waals surface area contributed by atoms with Crippen LogP contribution >= 0.6 is 0 Å². The minimum atomic E-state index is 0.0237. The van der Waals surface area contributed by atoms with Crippen molar-refractivity contribution in [2.75, 3.05) is 44.3 Å². The molecule has 2 aliphatic rings. The molecular formula is C13H18N2O3. The summed E-state index contributed by atoms with van der Waals surface area (Å²) in [6, 6.07) is 3.80. The van der Waals surface area contributed by atoms with Crippen LogP contribution in [0.2, 0.25) is 0 Å². The molecule has 0 spiro atoms. The number of anilines is 1. The number of benzene rings is 1. The molecule has 5 nitrogen and oxygen atoms in total. The largest absolute Gasteiger partial charge is 0.486 e. The number of hydrogen-bond donors (Lipinski definition) is 2. The topological polar surface area (TPSA) is 54.0 Å². The van der Waals surface area contributed by atoms with Crippen molar-refractivity contribution in [3.63, 3.8) is 0 Å². The maximum absolute atomic E-state index is 9.51. The summed E-state index contributed by atoms with van der Waals surface area (Å²) < 4.78 is 11.4. The third-order valence-corrected chi connectivity index (χ3v) is 3.37. The molecule has 0 amide bonds. The van der Waals surface area contributed by atoms with Gasteiger partial charge in [-0.05, 0) is 6.07 Å². The van der Waals surface area contributed by atoms with E-state index in [9.17, 15) is 5.11 Å². The second-order valence-corrected chi connectivity index (χ2v) is 4.49. The smallest absolute Gasteiger partial charge is 0.185 e. The molecule has 0 saturated carbocycles. The van der Waals surface area contributed by atoms with Crippen LogP contribution in [0.4, 0.5) is 5.69 Å². The Labute approximate surface area is 106 Å². The average Bonchev–Trinajstić information content (AvgIpc) is 2.47. The van der Waals surface area contributed by atoms with E-state index in [-0.39, 0.29) is 6.61 Å². The van der Waals surface area contributed by atoms with Crippen molar-refractivity contribution in [1.82, 2.24) is 5.32 Å². The molecule has 0 aromatic heterocycles. The SMILES string of the molecule is OCc1ccc2c(c1N1CCNCC1)OCCO2. The first kappa shape index (κ1) is 11.6. The number of rotatable bonds is 2. The number of nitrogens with one attached hydrogen (secondary N) is 1. The first-order chi connectivity index (χ1) is 8.90. The van der Waals surface area contributed by atoms with Gasteiger partial charge in [-0.1, -0.05) is 6.07 Å². The Hall–Kier alpha value is -1.46. The summed E-state index contributed by atoms with van der Waals surface area (Å²) >= 11 is 0. The first-order valence-corrected chi connectivity index (χ1v) is 6.38. The van der Waals surface area contributed by atoms with Gasteiger partial charge in [-0.25, -0.2) is 0 Å². The van der Waals surface area contributed by atoms with E-state index in [1.54, 1.807) is 0 Å². The van der Waals surface area contributed by atoms with Crippen molar-refractivity contribution in [2.24, 2.45) is 0 Å². The summed E-state index contributed by atoms with van der Waals surface area (Å²) in [6.45, 7) is 4.94. The number of aliphatic hydroxyl groups is 1. The van der Waals surface area contributed by atoms with Crippen LogP contribution in [0.1, 0.15) is 5.56 Å². The van der Waals surface area contributed by atoms with Crippen molar-refractivity contribution < 1.29 is 14.6 Å². The highest BCUT2D eigenvalue weighted by Gasteiger charge is 2.24. The zero-order valence-corrected chi connectivity index (χ0v) is 10.3. The number of aliphatic hydroxyl groups excluding tert-OH is 1. The van der Waals surface area contributed by atoms with Gasteiger partial charge in [0.2, 0.25) is 0 Å². The van der Waals surface area contributed by atoms with Crippen LogP contribution in [0.15, 0.2) is 12.1 Å². The first-order valence-electron chi connectivity index (χ1n) is 6.38. The fourth-order valence-electron chi connectivity index (χ4n) is 2.50. The van der Waals surface area contributed by atoms with E-state index >= 15 is 0 Å². The Morgan fingerprint density at radius 2 is 1.94 bits per heavy atom. The maximum Gasteiger partial charge on any atom is 0.185 e. The number of nitrogens with zero attached hydrogens (tertiary/aromatic N) is 1. The molecule has 1 aromatic rings. The Bertz CT molecular complexity index is 430. The molecular weight excluding hydrogens is 232 g/mol. The monoisotopic (exact) mass is 250 g/mol. The molecule has 1 aromatic carbocycles. The highest BCUT2D eigenvalue weighted by Crippen LogP contribution is 2.42. The van der Waals surface area contributed by atoms with Crippen molar-refractivity contribution in [2.45, 2.75) is 6.61 Å². The molecule has 3 rings (SSSR count). The van der Waals surface area contributed by atoms with E-state index in [0.717, 1.165) is 48.9 Å². The van der Waals surface area contributed by atoms with E-state index in [1.165, 1.54) is 0 Å². The van der Waals surface area contributed by atoms with Crippen LogP contribution < -0.4 is 19.7 Å². The van der Waals surface area contributed by atoms with Gasteiger partial charge >= 0.3 is 0 Å². The predicted octanol–water partition coefficient (Wildman–Crippen LogP) is 0.360. The number of hydrogen-bond acceptors (Lipinski definition) is 5. The predicted molar refractivity (Wildman–Crippen MR) is 68.4 cm³/mol. The molecule has 0 aliphatic carbocycles. The Balaban J connectivity index is 2.03. The van der Waals surface area contributed by atoms with Crippen molar-refractivity contribution in [3.05, 3.63) is 17.7 Å². The molecule has 1 saturated heterocycles. The molecule has 2 aliphatic heterocycles. The Morgan fingerprint density at radius 1 is 1.17 bits per heavy atom. The summed E-state index contributed by atoms with van der Waals surface area (Å²) in [6.07, 6.45) is 0. The summed E-state index contributed by atoms with van der Waals surface area (Å²) in [5.41, 5.74) is 1.90. The lowest BCUT2D eigenvalue weighted by Gasteiger charge is -2.34. The fraction of sp³-hybridized carbons (Fsp3) is 0.538. The molecule has 1 fully saturated rings. The minimum Gasteiger partial charge on any atom is -0.486 e. The standard InChI is InChI=1S/C13H18N2O3/c16-9-10-1-2-11-13(18-8-7-17-11)12(10)15-5-3-14-4-6-15/h1-2,14,16H,3-9H2. The molecule has 0 bridgehead atoms. The lowest BCUT2D eigenvalue weighted by Crippen LogP contribution is -2.44. The van der Waals surface area contributed by atoms with Crippen molar-refractivity contribution in [1.29, 1.82) is 0 Å². The van der Waals surface area contributed by atoms with E-state index in [4.69, 9.17) is 9.47 Å². The van der Waals surface area contributed by atoms with Gasteiger partial charge in [-0.3, -0.25) is 0 Å². The van der Waals surface area contributed by atoms with Gasteiger partial charge in [-0.15, -0.1) is 0 Å². The molecule has 2 N–H and O–H groups in total. The number of ether oxygens (including phenoxy) is 2. The minimum absolute atomic E-state index is 0.0237. The van der Waals surface area contributed by atoms with Gasteiger partial charge in [0.25, 0.3) is 0 Å². The van der Waals surface area contributed by atoms with Gasteiger partial charge in [0.15, 0.2) is 11.5 Å². The van der Waals surface area contributed by atoms with E-state index in [0.29, 0.717) is 13.2 Å². The van der Waals surface area contributed by atoms with Gasteiger partial charge in [-0.2, -0.15) is 0 Å². The van der Waals surface area contributed by atoms with Crippen LogP contribution in [-0.2, 0) is 6.61 Å². The average molecular weight is 250 g/mol. The third-order valence-electron chi connectivity index (χ3n) is 3.37. The normalized spacial score (nSPS) is 18.8. The second kappa shape index (κ2) is 5.04. The fourth-order valence-corrected chi connectivity index (χ4v) is 2.50. The Morgan fingerprint density at radius 3 is 2.72 bits per heavy atom. The van der Waals surface area contributed by atoms with Crippen LogP contribution in [0.3, 0.4) is 0 Å². The summed E-state index contributed by atoms with van der Waals surface area (Å²) in [7, 11) is 0. The van der Waals surface area contributed by atoms with Crippen molar-refractivity contribution in [3.8, 4) is 11.5 Å².